The molecule has 2 atom stereocenters. The molecule has 3 rings (SSSR count). The monoisotopic (exact) mass is 265 g/mol. The Bertz CT molecular complexity index is 446. The van der Waals surface area contributed by atoms with Crippen molar-refractivity contribution in [1.82, 2.24) is 4.98 Å². The Hall–Kier alpha value is -1.00. The van der Waals surface area contributed by atoms with Crippen LogP contribution in [0.1, 0.15) is 50.2 Å². The number of nitrogens with zero attached hydrogens (tertiary/aromatic N) is 1. The molecule has 1 spiro atoms. The smallest absolute Gasteiger partial charge is 0.147 e. The first-order valence-electron chi connectivity index (χ1n) is 7.12. The lowest BCUT2D eigenvalue weighted by Crippen LogP contribution is -2.39. The summed E-state index contributed by atoms with van der Waals surface area (Å²) >= 11 is 0. The fraction of sp³-hybridized carbons (Fsp3) is 0.667. The maximum atomic E-state index is 13.7. The summed E-state index contributed by atoms with van der Waals surface area (Å²) in [5, 5.41) is 10.4. The van der Waals surface area contributed by atoms with Crippen LogP contribution in [0.4, 0.5) is 4.39 Å². The van der Waals surface area contributed by atoms with Crippen LogP contribution < -0.4 is 0 Å². The van der Waals surface area contributed by atoms with E-state index in [2.05, 4.69) is 4.98 Å². The van der Waals surface area contributed by atoms with Crippen LogP contribution in [-0.2, 0) is 4.74 Å². The van der Waals surface area contributed by atoms with Crippen LogP contribution in [0.25, 0.3) is 0 Å². The van der Waals surface area contributed by atoms with Crippen molar-refractivity contribution in [3.8, 4) is 0 Å². The summed E-state index contributed by atoms with van der Waals surface area (Å²) in [6.45, 7) is 0.675. The van der Waals surface area contributed by atoms with Gasteiger partial charge in [0.25, 0.3) is 0 Å². The second-order valence-corrected chi connectivity index (χ2v) is 5.83. The van der Waals surface area contributed by atoms with Crippen LogP contribution in [0.5, 0.6) is 0 Å². The van der Waals surface area contributed by atoms with Gasteiger partial charge in [-0.3, -0.25) is 4.98 Å². The summed E-state index contributed by atoms with van der Waals surface area (Å²) in [7, 11) is 0. The summed E-state index contributed by atoms with van der Waals surface area (Å²) in [6, 6.07) is 1.58. The van der Waals surface area contributed by atoms with Crippen molar-refractivity contribution in [2.24, 2.45) is 5.92 Å². The zero-order valence-electron chi connectivity index (χ0n) is 11.0. The molecule has 2 fully saturated rings. The van der Waals surface area contributed by atoms with Gasteiger partial charge in [-0.1, -0.05) is 12.8 Å². The van der Waals surface area contributed by atoms with E-state index in [-0.39, 0.29) is 11.5 Å². The van der Waals surface area contributed by atoms with Gasteiger partial charge < -0.3 is 9.84 Å². The van der Waals surface area contributed by atoms with Crippen LogP contribution in [0, 0.1) is 11.7 Å². The molecule has 1 aromatic rings. The Balaban J connectivity index is 1.76. The number of pyridine rings is 1. The van der Waals surface area contributed by atoms with Gasteiger partial charge >= 0.3 is 0 Å². The van der Waals surface area contributed by atoms with E-state index in [9.17, 15) is 9.50 Å². The predicted octanol–water partition coefficient (Wildman–Crippen LogP) is 2.99. The third-order valence-corrected chi connectivity index (χ3v) is 4.61. The Labute approximate surface area is 112 Å². The van der Waals surface area contributed by atoms with Gasteiger partial charge in [0.2, 0.25) is 0 Å². The lowest BCUT2D eigenvalue weighted by molar-refractivity contribution is -0.113. The van der Waals surface area contributed by atoms with E-state index in [1.54, 1.807) is 6.07 Å². The van der Waals surface area contributed by atoms with Crippen LogP contribution in [0.3, 0.4) is 0 Å². The molecular weight excluding hydrogens is 245 g/mol. The van der Waals surface area contributed by atoms with Gasteiger partial charge in [-0.15, -0.1) is 0 Å². The van der Waals surface area contributed by atoms with Gasteiger partial charge in [0.1, 0.15) is 5.82 Å². The van der Waals surface area contributed by atoms with E-state index in [1.165, 1.54) is 25.2 Å². The maximum absolute atomic E-state index is 13.7. The van der Waals surface area contributed by atoms with Crippen LogP contribution >= 0.6 is 0 Å². The van der Waals surface area contributed by atoms with E-state index in [0.29, 0.717) is 12.2 Å². The molecule has 0 amide bonds. The van der Waals surface area contributed by atoms with E-state index in [1.807, 2.05) is 0 Å². The Morgan fingerprint density at radius 2 is 2.21 bits per heavy atom. The number of ether oxygens (including phenoxy) is 1. The van der Waals surface area contributed by atoms with Gasteiger partial charge in [-0.2, -0.15) is 0 Å². The highest BCUT2D eigenvalue weighted by Crippen LogP contribution is 2.45. The fourth-order valence-corrected chi connectivity index (χ4v) is 3.58. The average Bonchev–Trinajstić information content (AvgIpc) is 2.86. The molecule has 1 saturated carbocycles. The van der Waals surface area contributed by atoms with Gasteiger partial charge in [-0.25, -0.2) is 4.39 Å². The molecule has 104 valence electrons. The maximum Gasteiger partial charge on any atom is 0.147 e. The first kappa shape index (κ1) is 13.0. The zero-order valence-corrected chi connectivity index (χ0v) is 11.0. The molecule has 4 heteroatoms. The lowest BCUT2D eigenvalue weighted by atomic mass is 9.80. The van der Waals surface area contributed by atoms with Crippen LogP contribution in [-0.4, -0.2) is 22.3 Å². The van der Waals surface area contributed by atoms with E-state index in [0.717, 1.165) is 25.7 Å². The topological polar surface area (TPSA) is 42.4 Å². The minimum Gasteiger partial charge on any atom is -0.388 e. The average molecular weight is 265 g/mol. The molecule has 2 heterocycles. The zero-order chi connectivity index (χ0) is 13.3. The molecule has 1 saturated heterocycles. The molecule has 19 heavy (non-hydrogen) atoms. The highest BCUT2D eigenvalue weighted by atomic mass is 19.1. The SMILES string of the molecule is OC(c1ccncc1F)C1CCOC2(CCCC2)C1. The third kappa shape index (κ3) is 2.51. The first-order valence-corrected chi connectivity index (χ1v) is 7.12. The quantitative estimate of drug-likeness (QED) is 0.894. The molecule has 3 nitrogen and oxygen atoms in total. The normalized spacial score (nSPS) is 27.6. The largest absolute Gasteiger partial charge is 0.388 e. The first-order chi connectivity index (χ1) is 9.20. The number of rotatable bonds is 2. The predicted molar refractivity (Wildman–Crippen MR) is 69.0 cm³/mol. The second-order valence-electron chi connectivity index (χ2n) is 5.83. The number of hydrogen-bond acceptors (Lipinski definition) is 3. The van der Waals surface area contributed by atoms with Crippen molar-refractivity contribution in [3.05, 3.63) is 29.8 Å². The summed E-state index contributed by atoms with van der Waals surface area (Å²) < 4.78 is 19.7. The summed E-state index contributed by atoms with van der Waals surface area (Å²) in [6.07, 6.45) is 8.16. The van der Waals surface area contributed by atoms with Crippen molar-refractivity contribution < 1.29 is 14.2 Å². The second kappa shape index (κ2) is 5.17. The minimum absolute atomic E-state index is 0.0482. The fourth-order valence-electron chi connectivity index (χ4n) is 3.58. The Morgan fingerprint density at radius 1 is 1.42 bits per heavy atom. The van der Waals surface area contributed by atoms with Gasteiger partial charge in [0, 0.05) is 18.4 Å². The highest BCUT2D eigenvalue weighted by molar-refractivity contribution is 5.17. The van der Waals surface area contributed by atoms with Crippen molar-refractivity contribution in [2.45, 2.75) is 50.2 Å². The molecule has 0 bridgehead atoms. The highest BCUT2D eigenvalue weighted by Gasteiger charge is 2.42. The molecular formula is C15H20FNO2. The van der Waals surface area contributed by atoms with Crippen molar-refractivity contribution in [1.29, 1.82) is 0 Å². The Morgan fingerprint density at radius 3 is 2.95 bits per heavy atom. The molecule has 1 aliphatic heterocycles. The Kier molecular flexibility index (Phi) is 3.54. The molecule has 2 aliphatic rings. The van der Waals surface area contributed by atoms with Crippen molar-refractivity contribution >= 4 is 0 Å². The summed E-state index contributed by atoms with van der Waals surface area (Å²) in [5.41, 5.74) is 0.322. The third-order valence-electron chi connectivity index (χ3n) is 4.61. The number of hydrogen-bond donors (Lipinski definition) is 1. The molecule has 1 aliphatic carbocycles. The minimum atomic E-state index is -0.746. The molecule has 2 unspecified atom stereocenters. The van der Waals surface area contributed by atoms with Crippen LogP contribution in [0.2, 0.25) is 0 Å². The lowest BCUT2D eigenvalue weighted by Gasteiger charge is -2.40. The molecule has 0 aromatic carbocycles. The van der Waals surface area contributed by atoms with E-state index < -0.39 is 11.9 Å². The molecule has 1 aromatic heterocycles. The number of aromatic nitrogens is 1. The standard InChI is InChI=1S/C15H20FNO2/c16-13-10-17-7-3-12(13)14(18)11-4-8-19-15(9-11)5-1-2-6-15/h3,7,10-11,14,18H,1-2,4-6,8-9H2. The van der Waals surface area contributed by atoms with Gasteiger partial charge in [0.15, 0.2) is 0 Å². The van der Waals surface area contributed by atoms with Gasteiger partial charge in [-0.05, 0) is 37.7 Å². The molecule has 0 radical (unpaired) electrons. The van der Waals surface area contributed by atoms with Gasteiger partial charge in [0.05, 0.1) is 17.9 Å². The summed E-state index contributed by atoms with van der Waals surface area (Å²) in [4.78, 5) is 3.73. The van der Waals surface area contributed by atoms with E-state index >= 15 is 0 Å². The number of aliphatic hydroxyl groups is 1. The number of aliphatic hydroxyl groups excluding tert-OH is 1. The summed E-state index contributed by atoms with van der Waals surface area (Å²) in [5.74, 6) is -0.328. The van der Waals surface area contributed by atoms with Crippen LogP contribution in [0.15, 0.2) is 18.5 Å². The van der Waals surface area contributed by atoms with E-state index in [4.69, 9.17) is 4.74 Å². The number of halogens is 1. The molecule has 1 N–H and O–H groups in total. The van der Waals surface area contributed by atoms with Crippen molar-refractivity contribution in [2.75, 3.05) is 6.61 Å². The van der Waals surface area contributed by atoms with Crippen molar-refractivity contribution in [3.63, 3.8) is 0 Å².